The standard InChI is InChI=1S/C10H14O8/c1-5(11)17-6-4-16-7(9(12)14-2)8(18-6)10(13)15-3/h6-8H,4H2,1-3H3/t6-,7+,8+/m0/s1. The smallest absolute Gasteiger partial charge is 0.338 e. The van der Waals surface area contributed by atoms with Crippen molar-refractivity contribution in [2.75, 3.05) is 20.8 Å². The topological polar surface area (TPSA) is 97.4 Å². The first-order valence-electron chi connectivity index (χ1n) is 5.09. The second-order valence-electron chi connectivity index (χ2n) is 3.40. The van der Waals surface area contributed by atoms with Crippen LogP contribution in [0.2, 0.25) is 0 Å². The van der Waals surface area contributed by atoms with Crippen LogP contribution in [0.15, 0.2) is 0 Å². The molecule has 0 radical (unpaired) electrons. The summed E-state index contributed by atoms with van der Waals surface area (Å²) in [6, 6.07) is 0. The Labute approximate surface area is 103 Å². The maximum absolute atomic E-state index is 11.5. The summed E-state index contributed by atoms with van der Waals surface area (Å²) in [5.41, 5.74) is 0. The minimum Gasteiger partial charge on any atom is -0.467 e. The van der Waals surface area contributed by atoms with Gasteiger partial charge in [-0.05, 0) is 0 Å². The normalized spacial score (nSPS) is 27.2. The fourth-order valence-electron chi connectivity index (χ4n) is 1.39. The minimum atomic E-state index is -1.33. The van der Waals surface area contributed by atoms with E-state index in [1.54, 1.807) is 0 Å². The number of carbonyl (C=O) groups is 3. The third-order valence-electron chi connectivity index (χ3n) is 2.15. The molecule has 0 saturated carbocycles. The van der Waals surface area contributed by atoms with Gasteiger partial charge in [-0.15, -0.1) is 0 Å². The lowest BCUT2D eigenvalue weighted by atomic mass is 10.2. The first kappa shape index (κ1) is 14.4. The van der Waals surface area contributed by atoms with Crippen LogP contribution in [0.4, 0.5) is 0 Å². The van der Waals surface area contributed by atoms with E-state index in [1.807, 2.05) is 0 Å². The summed E-state index contributed by atoms with van der Waals surface area (Å²) in [7, 11) is 2.29. The molecule has 8 nitrogen and oxygen atoms in total. The Hall–Kier alpha value is -1.67. The Morgan fingerprint density at radius 2 is 1.61 bits per heavy atom. The van der Waals surface area contributed by atoms with Crippen LogP contribution in [-0.4, -0.2) is 57.2 Å². The zero-order valence-corrected chi connectivity index (χ0v) is 10.2. The van der Waals surface area contributed by atoms with Crippen LogP contribution < -0.4 is 0 Å². The molecule has 0 N–H and O–H groups in total. The minimum absolute atomic E-state index is 0.174. The van der Waals surface area contributed by atoms with Crippen LogP contribution >= 0.6 is 0 Å². The van der Waals surface area contributed by atoms with Crippen LogP contribution in [0, 0.1) is 0 Å². The van der Waals surface area contributed by atoms with Gasteiger partial charge in [-0.1, -0.05) is 0 Å². The summed E-state index contributed by atoms with van der Waals surface area (Å²) in [5, 5.41) is 0. The zero-order valence-electron chi connectivity index (χ0n) is 10.2. The maximum atomic E-state index is 11.5. The molecular formula is C10H14O8. The van der Waals surface area contributed by atoms with Crippen molar-refractivity contribution in [3.05, 3.63) is 0 Å². The number of ether oxygens (including phenoxy) is 5. The second kappa shape index (κ2) is 6.31. The van der Waals surface area contributed by atoms with E-state index in [0.29, 0.717) is 0 Å². The van der Waals surface area contributed by atoms with Crippen molar-refractivity contribution < 1.29 is 38.1 Å². The molecule has 8 heteroatoms. The van der Waals surface area contributed by atoms with Gasteiger partial charge in [0.2, 0.25) is 6.29 Å². The number of rotatable bonds is 3. The second-order valence-corrected chi connectivity index (χ2v) is 3.40. The van der Waals surface area contributed by atoms with Gasteiger partial charge in [0.05, 0.1) is 14.2 Å². The molecule has 1 rings (SSSR count). The van der Waals surface area contributed by atoms with Crippen LogP contribution in [0.5, 0.6) is 0 Å². The molecule has 18 heavy (non-hydrogen) atoms. The third-order valence-corrected chi connectivity index (χ3v) is 2.15. The number of methoxy groups -OCH3 is 2. The van der Waals surface area contributed by atoms with Crippen molar-refractivity contribution in [3.63, 3.8) is 0 Å². The van der Waals surface area contributed by atoms with E-state index < -0.39 is 36.4 Å². The van der Waals surface area contributed by atoms with Crippen molar-refractivity contribution in [1.82, 2.24) is 0 Å². The van der Waals surface area contributed by atoms with Gasteiger partial charge in [0.15, 0.2) is 12.2 Å². The monoisotopic (exact) mass is 262 g/mol. The molecule has 0 aromatic carbocycles. The van der Waals surface area contributed by atoms with Gasteiger partial charge >= 0.3 is 17.9 Å². The van der Waals surface area contributed by atoms with Gasteiger partial charge in [0.25, 0.3) is 0 Å². The number of esters is 3. The summed E-state index contributed by atoms with van der Waals surface area (Å²) in [6.07, 6.45) is -3.64. The molecule has 0 spiro atoms. The van der Waals surface area contributed by atoms with Gasteiger partial charge in [-0.2, -0.15) is 0 Å². The highest BCUT2D eigenvalue weighted by molar-refractivity contribution is 5.85. The van der Waals surface area contributed by atoms with Crippen LogP contribution in [0.3, 0.4) is 0 Å². The molecule has 1 aliphatic heterocycles. The molecule has 0 bridgehead atoms. The summed E-state index contributed by atoms with van der Waals surface area (Å²) < 4.78 is 23.9. The van der Waals surface area contributed by atoms with Crippen molar-refractivity contribution in [2.45, 2.75) is 25.4 Å². The lowest BCUT2D eigenvalue weighted by Gasteiger charge is -2.32. The van der Waals surface area contributed by atoms with Crippen molar-refractivity contribution in [1.29, 1.82) is 0 Å². The molecule has 3 atom stereocenters. The predicted molar refractivity (Wildman–Crippen MR) is 54.2 cm³/mol. The molecule has 0 aromatic rings. The van der Waals surface area contributed by atoms with Crippen LogP contribution in [-0.2, 0) is 38.1 Å². The largest absolute Gasteiger partial charge is 0.467 e. The van der Waals surface area contributed by atoms with Gasteiger partial charge in [-0.3, -0.25) is 4.79 Å². The van der Waals surface area contributed by atoms with E-state index in [-0.39, 0.29) is 6.61 Å². The van der Waals surface area contributed by atoms with E-state index in [4.69, 9.17) is 14.2 Å². The third kappa shape index (κ3) is 3.41. The van der Waals surface area contributed by atoms with Gasteiger partial charge in [-0.25, -0.2) is 9.59 Å². The lowest BCUT2D eigenvalue weighted by molar-refractivity contribution is -0.260. The first-order chi connectivity index (χ1) is 8.49. The maximum Gasteiger partial charge on any atom is 0.338 e. The average molecular weight is 262 g/mol. The van der Waals surface area contributed by atoms with Gasteiger partial charge < -0.3 is 23.7 Å². The number of hydrogen-bond acceptors (Lipinski definition) is 8. The molecule has 1 aliphatic rings. The Kier molecular flexibility index (Phi) is 5.05. The molecule has 0 amide bonds. The van der Waals surface area contributed by atoms with Crippen molar-refractivity contribution in [3.8, 4) is 0 Å². The quantitative estimate of drug-likeness (QED) is 0.472. The van der Waals surface area contributed by atoms with E-state index in [2.05, 4.69) is 9.47 Å². The highest BCUT2D eigenvalue weighted by Gasteiger charge is 2.44. The van der Waals surface area contributed by atoms with E-state index in [1.165, 1.54) is 6.92 Å². The van der Waals surface area contributed by atoms with Crippen LogP contribution in [0.25, 0.3) is 0 Å². The van der Waals surface area contributed by atoms with Crippen molar-refractivity contribution >= 4 is 17.9 Å². The van der Waals surface area contributed by atoms with E-state index >= 15 is 0 Å². The molecule has 0 aromatic heterocycles. The Balaban J connectivity index is 2.75. The van der Waals surface area contributed by atoms with Gasteiger partial charge in [0.1, 0.15) is 6.61 Å². The highest BCUT2D eigenvalue weighted by atomic mass is 16.7. The lowest BCUT2D eigenvalue weighted by Crippen LogP contribution is -2.53. The van der Waals surface area contributed by atoms with Gasteiger partial charge in [0, 0.05) is 6.92 Å². The highest BCUT2D eigenvalue weighted by Crippen LogP contribution is 2.18. The first-order valence-corrected chi connectivity index (χ1v) is 5.09. The van der Waals surface area contributed by atoms with E-state index in [9.17, 15) is 14.4 Å². The fourth-order valence-corrected chi connectivity index (χ4v) is 1.39. The molecule has 0 aliphatic carbocycles. The predicted octanol–water partition coefficient (Wildman–Crippen LogP) is -0.994. The average Bonchev–Trinajstić information content (AvgIpc) is 2.36. The summed E-state index contributed by atoms with van der Waals surface area (Å²) in [6.45, 7) is 1.01. The SMILES string of the molecule is COC(=O)[C@@H]1OC[C@@H](OC(C)=O)O[C@H]1C(=O)OC. The van der Waals surface area contributed by atoms with Crippen LogP contribution in [0.1, 0.15) is 6.92 Å². The summed E-state index contributed by atoms with van der Waals surface area (Å²) in [5.74, 6) is -2.18. The Bertz CT molecular complexity index is 339. The fraction of sp³-hybridized carbons (Fsp3) is 0.700. The van der Waals surface area contributed by atoms with Crippen molar-refractivity contribution in [2.24, 2.45) is 0 Å². The molecule has 102 valence electrons. The number of carbonyl (C=O) groups excluding carboxylic acids is 3. The summed E-state index contributed by atoms with van der Waals surface area (Å²) >= 11 is 0. The molecule has 1 heterocycles. The van der Waals surface area contributed by atoms with E-state index in [0.717, 1.165) is 14.2 Å². The Morgan fingerprint density at radius 3 is 2.11 bits per heavy atom. The molecule has 1 saturated heterocycles. The summed E-state index contributed by atoms with van der Waals surface area (Å²) in [4.78, 5) is 33.6. The molecular weight excluding hydrogens is 248 g/mol. The number of hydrogen-bond donors (Lipinski definition) is 0. The molecule has 0 unspecified atom stereocenters. The Morgan fingerprint density at radius 1 is 1.06 bits per heavy atom. The molecule has 1 fully saturated rings. The zero-order chi connectivity index (χ0) is 13.7.